The zero-order chi connectivity index (χ0) is 25.0. The summed E-state index contributed by atoms with van der Waals surface area (Å²) in [6, 6.07) is 20.6. The highest BCUT2D eigenvalue weighted by molar-refractivity contribution is 7.14. The zero-order valence-electron chi connectivity index (χ0n) is 21.0. The number of amides is 1. The van der Waals surface area contributed by atoms with Gasteiger partial charge in [0.2, 0.25) is 0 Å². The van der Waals surface area contributed by atoms with E-state index >= 15 is 0 Å². The number of carbonyl (C=O) groups is 1. The summed E-state index contributed by atoms with van der Waals surface area (Å²) in [5, 5.41) is 7.40. The molecule has 4 aromatic rings. The molecule has 35 heavy (non-hydrogen) atoms. The Labute approximate surface area is 216 Å². The second kappa shape index (κ2) is 10.8. The molecule has 2 aromatic heterocycles. The third-order valence-corrected chi connectivity index (χ3v) is 7.74. The van der Waals surface area contributed by atoms with Crippen LogP contribution in [-0.4, -0.2) is 44.7 Å². The number of likely N-dealkylation sites (N-methyl/N-ethyl adjacent to an activating group) is 1. The van der Waals surface area contributed by atoms with Crippen LogP contribution in [0.3, 0.4) is 0 Å². The number of thiophene rings is 2. The van der Waals surface area contributed by atoms with Crippen LogP contribution in [0, 0.1) is 6.92 Å². The number of rotatable bonds is 9. The molecule has 0 aliphatic heterocycles. The van der Waals surface area contributed by atoms with Crippen molar-refractivity contribution in [3.05, 3.63) is 88.1 Å². The van der Waals surface area contributed by atoms with Gasteiger partial charge >= 0.3 is 0 Å². The summed E-state index contributed by atoms with van der Waals surface area (Å²) in [4.78, 5) is 15.7. The van der Waals surface area contributed by atoms with Crippen LogP contribution in [0.15, 0.2) is 71.4 Å². The molecular weight excluding hydrogens is 472 g/mol. The molecule has 2 heterocycles. The first kappa shape index (κ1) is 25.2. The van der Waals surface area contributed by atoms with E-state index < -0.39 is 0 Å². The van der Waals surface area contributed by atoms with Crippen molar-refractivity contribution < 1.29 is 14.0 Å². The molecule has 0 aliphatic rings. The van der Waals surface area contributed by atoms with Gasteiger partial charge in [-0.1, -0.05) is 18.2 Å². The van der Waals surface area contributed by atoms with Gasteiger partial charge in [0.1, 0.15) is 18.9 Å². The summed E-state index contributed by atoms with van der Waals surface area (Å²) in [6.45, 7) is 5.49. The van der Waals surface area contributed by atoms with Crippen molar-refractivity contribution in [1.29, 1.82) is 0 Å². The Bertz CT molecular complexity index is 1220. The molecule has 0 saturated carbocycles. The van der Waals surface area contributed by atoms with E-state index in [4.69, 9.17) is 4.74 Å². The van der Waals surface area contributed by atoms with E-state index in [0.29, 0.717) is 12.2 Å². The first-order valence-corrected chi connectivity index (χ1v) is 13.5. The number of quaternary nitrogens is 1. The maximum atomic E-state index is 13.3. The monoisotopic (exact) mass is 505 g/mol. The van der Waals surface area contributed by atoms with E-state index in [-0.39, 0.29) is 11.9 Å². The molecule has 0 unspecified atom stereocenters. The highest BCUT2D eigenvalue weighted by Gasteiger charge is 2.17. The van der Waals surface area contributed by atoms with Crippen LogP contribution in [0.1, 0.15) is 34.5 Å². The van der Waals surface area contributed by atoms with E-state index in [1.54, 1.807) is 22.7 Å². The van der Waals surface area contributed by atoms with Crippen LogP contribution in [0.5, 0.6) is 5.75 Å². The van der Waals surface area contributed by atoms with Gasteiger partial charge in [-0.3, -0.25) is 4.79 Å². The topological polar surface area (TPSA) is 38.3 Å². The summed E-state index contributed by atoms with van der Waals surface area (Å²) < 4.78 is 6.77. The molecule has 4 nitrogen and oxygen atoms in total. The minimum absolute atomic E-state index is 0.0914. The molecule has 1 amide bonds. The molecule has 2 aromatic carbocycles. The summed E-state index contributed by atoms with van der Waals surface area (Å²) >= 11 is 3.45. The van der Waals surface area contributed by atoms with Gasteiger partial charge < -0.3 is 14.5 Å². The van der Waals surface area contributed by atoms with Gasteiger partial charge in [0, 0.05) is 15.3 Å². The van der Waals surface area contributed by atoms with Crippen molar-refractivity contribution in [3.8, 4) is 26.6 Å². The number of aryl methyl sites for hydroxylation is 1. The maximum absolute atomic E-state index is 13.3. The molecule has 1 N–H and O–H groups in total. The fraction of sp³-hybridized carbons (Fsp3) is 0.276. The molecular formula is C29H33N2O2S2+. The Balaban J connectivity index is 1.55. The van der Waals surface area contributed by atoms with Crippen LogP contribution in [0.2, 0.25) is 0 Å². The molecule has 0 radical (unpaired) electrons. The lowest BCUT2D eigenvalue weighted by Crippen LogP contribution is -2.38. The minimum atomic E-state index is -0.150. The quantitative estimate of drug-likeness (QED) is 0.248. The van der Waals surface area contributed by atoms with Crippen LogP contribution >= 0.6 is 22.7 Å². The Morgan fingerprint density at radius 2 is 1.57 bits per heavy atom. The number of nitrogens with one attached hydrogen (secondary N) is 1. The third-order valence-electron chi connectivity index (χ3n) is 5.90. The number of benzene rings is 2. The van der Waals surface area contributed by atoms with Crippen LogP contribution in [0.25, 0.3) is 20.9 Å². The van der Waals surface area contributed by atoms with E-state index in [9.17, 15) is 4.79 Å². The van der Waals surface area contributed by atoms with Crippen LogP contribution < -0.4 is 10.1 Å². The van der Waals surface area contributed by atoms with Gasteiger partial charge in [-0.05, 0) is 89.3 Å². The lowest BCUT2D eigenvalue weighted by molar-refractivity contribution is -0.870. The standard InChI is InChI=1S/C29H32N2O2S2/c1-20-10-11-25(33-13-12-31(3,4)5)19-26(20)29(32)30-21(2)22-16-23(27-8-6-14-34-27)18-24(17-22)28-9-7-15-35-28/h6-11,14-19,21H,12-13H2,1-5H3/p+1/t21-/m1/s1. The average molecular weight is 506 g/mol. The fourth-order valence-electron chi connectivity index (χ4n) is 3.80. The largest absolute Gasteiger partial charge is 0.488 e. The van der Waals surface area contributed by atoms with E-state index in [2.05, 4.69) is 79.7 Å². The van der Waals surface area contributed by atoms with Crippen molar-refractivity contribution >= 4 is 28.6 Å². The van der Waals surface area contributed by atoms with Crippen molar-refractivity contribution in [2.45, 2.75) is 19.9 Å². The number of nitrogens with zero attached hydrogens (tertiary/aromatic N) is 1. The van der Waals surface area contributed by atoms with Crippen molar-refractivity contribution in [3.63, 3.8) is 0 Å². The maximum Gasteiger partial charge on any atom is 0.252 e. The lowest BCUT2D eigenvalue weighted by Gasteiger charge is -2.23. The summed E-state index contributed by atoms with van der Waals surface area (Å²) in [6.07, 6.45) is 0. The van der Waals surface area contributed by atoms with Crippen LogP contribution in [-0.2, 0) is 0 Å². The molecule has 0 fully saturated rings. The Morgan fingerprint density at radius 1 is 0.943 bits per heavy atom. The normalized spacial score (nSPS) is 12.4. The predicted molar refractivity (Wildman–Crippen MR) is 149 cm³/mol. The smallest absolute Gasteiger partial charge is 0.252 e. The number of hydrogen-bond acceptors (Lipinski definition) is 4. The Kier molecular flexibility index (Phi) is 7.75. The summed E-state index contributed by atoms with van der Waals surface area (Å²) in [5.41, 5.74) is 5.00. The fourth-order valence-corrected chi connectivity index (χ4v) is 5.23. The third kappa shape index (κ3) is 6.60. The van der Waals surface area contributed by atoms with E-state index in [1.807, 2.05) is 32.0 Å². The molecule has 6 heteroatoms. The Hall–Kier alpha value is -2.93. The number of ether oxygens (including phenoxy) is 1. The Morgan fingerprint density at radius 3 is 2.11 bits per heavy atom. The van der Waals surface area contributed by atoms with Gasteiger partial charge in [-0.15, -0.1) is 22.7 Å². The molecule has 0 saturated heterocycles. The van der Waals surface area contributed by atoms with Crippen LogP contribution in [0.4, 0.5) is 0 Å². The van der Waals surface area contributed by atoms with Gasteiger partial charge in [0.15, 0.2) is 0 Å². The highest BCUT2D eigenvalue weighted by atomic mass is 32.1. The van der Waals surface area contributed by atoms with Crippen molar-refractivity contribution in [1.82, 2.24) is 5.32 Å². The molecule has 1 atom stereocenters. The average Bonchev–Trinajstić information content (AvgIpc) is 3.53. The predicted octanol–water partition coefficient (Wildman–Crippen LogP) is 7.03. The summed E-state index contributed by atoms with van der Waals surface area (Å²) in [7, 11) is 6.40. The molecule has 4 rings (SSSR count). The van der Waals surface area contributed by atoms with Gasteiger partial charge in [0.05, 0.1) is 27.2 Å². The second-order valence-electron chi connectivity index (χ2n) is 9.83. The van der Waals surface area contributed by atoms with Gasteiger partial charge in [0.25, 0.3) is 5.91 Å². The second-order valence-corrected chi connectivity index (χ2v) is 11.7. The molecule has 182 valence electrons. The lowest BCUT2D eigenvalue weighted by atomic mass is 9.99. The van der Waals surface area contributed by atoms with Gasteiger partial charge in [-0.2, -0.15) is 0 Å². The van der Waals surface area contributed by atoms with E-state index in [1.165, 1.54) is 20.9 Å². The van der Waals surface area contributed by atoms with Crippen molar-refractivity contribution in [2.75, 3.05) is 34.3 Å². The first-order valence-electron chi connectivity index (χ1n) is 11.8. The molecule has 0 spiro atoms. The number of hydrogen-bond donors (Lipinski definition) is 1. The SMILES string of the molecule is Cc1ccc(OCC[N+](C)(C)C)cc1C(=O)N[C@H](C)c1cc(-c2cccs2)cc(-c2cccs2)c1. The van der Waals surface area contributed by atoms with E-state index in [0.717, 1.165) is 27.9 Å². The highest BCUT2D eigenvalue weighted by Crippen LogP contribution is 2.34. The van der Waals surface area contributed by atoms with Crippen molar-refractivity contribution in [2.24, 2.45) is 0 Å². The number of carbonyl (C=O) groups excluding carboxylic acids is 1. The zero-order valence-corrected chi connectivity index (χ0v) is 22.6. The summed E-state index contributed by atoms with van der Waals surface area (Å²) in [5.74, 6) is 0.632. The van der Waals surface area contributed by atoms with Gasteiger partial charge in [-0.25, -0.2) is 0 Å². The first-order chi connectivity index (χ1) is 16.7. The molecule has 0 aliphatic carbocycles. The minimum Gasteiger partial charge on any atom is -0.488 e. The molecule has 0 bridgehead atoms.